The average molecular weight is 534 g/mol. The van der Waals surface area contributed by atoms with Crippen LogP contribution < -0.4 is 19.7 Å². The van der Waals surface area contributed by atoms with Crippen molar-refractivity contribution < 1.29 is 13.2 Å². The standard InChI is InChI=1S/C27H27N5O3S2/c1-18-16-20(12-13-22(18)30-37(3,33)34)32-26(25(29-27(32)36)23-10-4-5-14-28-23)24-11-7-15-31(24)19-8-6-9-21(17-19)35-2/h4-17,25-26,30H,1-3H3,(H,29,36)/t25-,26-/m0/s1. The molecule has 2 N–H and O–H groups in total. The van der Waals surface area contributed by atoms with Crippen LogP contribution in [0.4, 0.5) is 11.4 Å². The first kappa shape index (κ1) is 24.8. The van der Waals surface area contributed by atoms with Gasteiger partial charge in [0.15, 0.2) is 5.11 Å². The second-order valence-corrected chi connectivity index (χ2v) is 11.0. The van der Waals surface area contributed by atoms with E-state index in [1.165, 1.54) is 0 Å². The van der Waals surface area contributed by atoms with Crippen LogP contribution in [0, 0.1) is 6.92 Å². The number of nitrogens with one attached hydrogen (secondary N) is 2. The SMILES string of the molecule is COc1cccc(-n2cccc2[C@H]2[C@H](c3ccccn3)NC(=S)N2c2ccc(NS(C)(=O)=O)c(C)c2)c1. The fourth-order valence-electron chi connectivity index (χ4n) is 4.68. The highest BCUT2D eigenvalue weighted by molar-refractivity contribution is 7.92. The van der Waals surface area contributed by atoms with E-state index in [1.807, 2.05) is 73.8 Å². The van der Waals surface area contributed by atoms with E-state index in [-0.39, 0.29) is 12.1 Å². The van der Waals surface area contributed by atoms with Gasteiger partial charge >= 0.3 is 0 Å². The maximum absolute atomic E-state index is 11.8. The number of hydrogen-bond donors (Lipinski definition) is 2. The molecule has 2 atom stereocenters. The lowest BCUT2D eigenvalue weighted by molar-refractivity contribution is 0.414. The van der Waals surface area contributed by atoms with Crippen LogP contribution in [-0.2, 0) is 10.0 Å². The van der Waals surface area contributed by atoms with Crippen LogP contribution in [0.1, 0.15) is 29.0 Å². The first-order valence-corrected chi connectivity index (χ1v) is 14.0. The lowest BCUT2D eigenvalue weighted by Gasteiger charge is -2.29. The highest BCUT2D eigenvalue weighted by Crippen LogP contribution is 2.43. The first-order chi connectivity index (χ1) is 17.7. The zero-order valence-electron chi connectivity index (χ0n) is 20.6. The lowest BCUT2D eigenvalue weighted by Crippen LogP contribution is -2.30. The fourth-order valence-corrected chi connectivity index (χ4v) is 5.65. The van der Waals surface area contributed by atoms with Gasteiger partial charge < -0.3 is 19.5 Å². The van der Waals surface area contributed by atoms with Crippen LogP contribution in [-0.4, -0.2) is 36.4 Å². The molecule has 3 heterocycles. The molecule has 10 heteroatoms. The molecule has 190 valence electrons. The molecule has 2 aromatic heterocycles. The van der Waals surface area contributed by atoms with Crippen molar-refractivity contribution >= 4 is 38.7 Å². The molecular formula is C27H27N5O3S2. The molecule has 1 aliphatic heterocycles. The normalized spacial score (nSPS) is 17.5. The molecule has 37 heavy (non-hydrogen) atoms. The van der Waals surface area contributed by atoms with Gasteiger partial charge in [-0.25, -0.2) is 8.42 Å². The van der Waals surface area contributed by atoms with E-state index in [0.29, 0.717) is 10.8 Å². The summed E-state index contributed by atoms with van der Waals surface area (Å²) in [5.41, 5.74) is 4.99. The molecule has 0 spiro atoms. The molecule has 0 radical (unpaired) electrons. The van der Waals surface area contributed by atoms with E-state index in [2.05, 4.69) is 30.6 Å². The smallest absolute Gasteiger partial charge is 0.229 e. The van der Waals surface area contributed by atoms with Crippen molar-refractivity contribution in [2.75, 3.05) is 23.0 Å². The van der Waals surface area contributed by atoms with Gasteiger partial charge in [0.1, 0.15) is 11.8 Å². The van der Waals surface area contributed by atoms with Gasteiger partial charge in [0.25, 0.3) is 0 Å². The number of hydrogen-bond acceptors (Lipinski definition) is 5. The van der Waals surface area contributed by atoms with E-state index in [0.717, 1.165) is 40.3 Å². The van der Waals surface area contributed by atoms with Crippen molar-refractivity contribution in [2.45, 2.75) is 19.0 Å². The number of pyridine rings is 1. The molecule has 4 aromatic rings. The average Bonchev–Trinajstić information content (AvgIpc) is 3.49. The summed E-state index contributed by atoms with van der Waals surface area (Å²) in [7, 11) is -1.75. The summed E-state index contributed by atoms with van der Waals surface area (Å²) in [6.45, 7) is 1.87. The van der Waals surface area contributed by atoms with Crippen molar-refractivity contribution in [2.24, 2.45) is 0 Å². The van der Waals surface area contributed by atoms with Gasteiger partial charge in [-0.05, 0) is 79.3 Å². The molecular weight excluding hydrogens is 506 g/mol. The maximum Gasteiger partial charge on any atom is 0.229 e. The van der Waals surface area contributed by atoms with E-state index < -0.39 is 10.0 Å². The number of anilines is 2. The highest BCUT2D eigenvalue weighted by Gasteiger charge is 2.42. The number of sulfonamides is 1. The molecule has 8 nitrogen and oxygen atoms in total. The van der Waals surface area contributed by atoms with Crippen LogP contribution >= 0.6 is 12.2 Å². The molecule has 1 fully saturated rings. The molecule has 1 saturated heterocycles. The van der Waals surface area contributed by atoms with Gasteiger partial charge in [-0.3, -0.25) is 9.71 Å². The topological polar surface area (TPSA) is 88.5 Å². The van der Waals surface area contributed by atoms with E-state index in [4.69, 9.17) is 17.0 Å². The molecule has 0 aliphatic carbocycles. The third kappa shape index (κ3) is 5.03. The summed E-state index contributed by atoms with van der Waals surface area (Å²) in [6.07, 6.45) is 4.93. The largest absolute Gasteiger partial charge is 0.497 e. The molecule has 0 saturated carbocycles. The summed E-state index contributed by atoms with van der Waals surface area (Å²) in [6, 6.07) is 22.9. The Balaban J connectivity index is 1.63. The Bertz CT molecular complexity index is 1550. The molecule has 1 aliphatic rings. The van der Waals surface area contributed by atoms with E-state index in [9.17, 15) is 8.42 Å². The van der Waals surface area contributed by atoms with Gasteiger partial charge in [0, 0.05) is 35.5 Å². The summed E-state index contributed by atoms with van der Waals surface area (Å²) in [5.74, 6) is 0.764. The summed E-state index contributed by atoms with van der Waals surface area (Å²) >= 11 is 5.86. The Morgan fingerprint density at radius 3 is 2.57 bits per heavy atom. The van der Waals surface area contributed by atoms with Crippen molar-refractivity contribution in [3.63, 3.8) is 0 Å². The predicted molar refractivity (Wildman–Crippen MR) is 150 cm³/mol. The van der Waals surface area contributed by atoms with Crippen molar-refractivity contribution in [3.05, 3.63) is 102 Å². The number of nitrogens with zero attached hydrogens (tertiary/aromatic N) is 3. The Kier molecular flexibility index (Phi) is 6.61. The van der Waals surface area contributed by atoms with Gasteiger partial charge in [-0.1, -0.05) is 12.1 Å². The minimum Gasteiger partial charge on any atom is -0.497 e. The second kappa shape index (κ2) is 9.87. The highest BCUT2D eigenvalue weighted by atomic mass is 32.2. The molecule has 2 aromatic carbocycles. The Hall–Kier alpha value is -3.89. The minimum absolute atomic E-state index is 0.220. The quantitative estimate of drug-likeness (QED) is 0.332. The summed E-state index contributed by atoms with van der Waals surface area (Å²) < 4.78 is 33.8. The lowest BCUT2D eigenvalue weighted by atomic mass is 10.0. The Morgan fingerprint density at radius 2 is 1.86 bits per heavy atom. The Labute approximate surface area is 222 Å². The van der Waals surface area contributed by atoms with Gasteiger partial charge in [0.2, 0.25) is 10.0 Å². The third-order valence-electron chi connectivity index (χ3n) is 6.30. The van der Waals surface area contributed by atoms with Crippen molar-refractivity contribution in [1.82, 2.24) is 14.9 Å². The van der Waals surface area contributed by atoms with Crippen LogP contribution in [0.3, 0.4) is 0 Å². The van der Waals surface area contributed by atoms with Crippen LogP contribution in [0.2, 0.25) is 0 Å². The zero-order chi connectivity index (χ0) is 26.2. The second-order valence-electron chi connectivity index (χ2n) is 8.87. The van der Waals surface area contributed by atoms with Gasteiger partial charge in [-0.15, -0.1) is 0 Å². The molecule has 5 rings (SSSR count). The number of methoxy groups -OCH3 is 1. The van der Waals surface area contributed by atoms with Gasteiger partial charge in [-0.2, -0.15) is 0 Å². The zero-order valence-corrected chi connectivity index (χ0v) is 22.3. The number of aryl methyl sites for hydroxylation is 1. The number of rotatable bonds is 7. The van der Waals surface area contributed by atoms with E-state index >= 15 is 0 Å². The Morgan fingerprint density at radius 1 is 1.03 bits per heavy atom. The van der Waals surface area contributed by atoms with Crippen molar-refractivity contribution in [3.8, 4) is 11.4 Å². The van der Waals surface area contributed by atoms with Crippen molar-refractivity contribution in [1.29, 1.82) is 0 Å². The number of ether oxygens (including phenoxy) is 1. The van der Waals surface area contributed by atoms with Crippen LogP contribution in [0.25, 0.3) is 5.69 Å². The maximum atomic E-state index is 11.8. The van der Waals surface area contributed by atoms with Crippen LogP contribution in [0.5, 0.6) is 5.75 Å². The monoisotopic (exact) mass is 533 g/mol. The number of thiocarbonyl (C=S) groups is 1. The van der Waals surface area contributed by atoms with Crippen LogP contribution in [0.15, 0.2) is 85.2 Å². The predicted octanol–water partition coefficient (Wildman–Crippen LogP) is 4.74. The molecule has 0 bridgehead atoms. The fraction of sp³-hybridized carbons (Fsp3) is 0.185. The molecule has 0 unspecified atom stereocenters. The minimum atomic E-state index is -3.40. The van der Waals surface area contributed by atoms with E-state index in [1.54, 1.807) is 19.4 Å². The number of benzene rings is 2. The van der Waals surface area contributed by atoms with Gasteiger partial charge in [0.05, 0.1) is 30.8 Å². The third-order valence-corrected chi connectivity index (χ3v) is 7.20. The first-order valence-electron chi connectivity index (χ1n) is 11.7. The molecule has 0 amide bonds. The number of aromatic nitrogens is 2. The summed E-state index contributed by atoms with van der Waals surface area (Å²) in [5, 5.41) is 4.03. The summed E-state index contributed by atoms with van der Waals surface area (Å²) in [4.78, 5) is 6.70.